The molecule has 0 N–H and O–H groups in total. The van der Waals surface area contributed by atoms with E-state index in [2.05, 4.69) is 9.97 Å². The van der Waals surface area contributed by atoms with Crippen molar-refractivity contribution < 1.29 is 13.9 Å². The van der Waals surface area contributed by atoms with Gasteiger partial charge in [-0.25, -0.2) is 14.4 Å². The zero-order valence-corrected chi connectivity index (χ0v) is 14.9. The van der Waals surface area contributed by atoms with Gasteiger partial charge < -0.3 is 14.5 Å². The predicted octanol–water partition coefficient (Wildman–Crippen LogP) is 2.74. The van der Waals surface area contributed by atoms with Crippen molar-refractivity contribution >= 4 is 22.6 Å². The van der Waals surface area contributed by atoms with Crippen molar-refractivity contribution in [3.8, 4) is 5.75 Å². The third-order valence-electron chi connectivity index (χ3n) is 4.78. The maximum Gasteiger partial charge on any atom is 0.254 e. The standard InChI is InChI=1S/C20H19FN4O2/c1-27-15-5-2-4-14(12-15)20(26)25-10-8-24(9-11-25)19-18-16(21)6-3-7-17(18)22-13-23-19/h2-7,12-13H,8-11H2,1H3. The van der Waals surface area contributed by atoms with E-state index in [9.17, 15) is 9.18 Å². The Kier molecular flexibility index (Phi) is 4.58. The van der Waals surface area contributed by atoms with Gasteiger partial charge in [-0.15, -0.1) is 0 Å². The largest absolute Gasteiger partial charge is 0.497 e. The van der Waals surface area contributed by atoms with E-state index in [4.69, 9.17) is 4.74 Å². The number of halogens is 1. The lowest BCUT2D eigenvalue weighted by molar-refractivity contribution is 0.0746. The van der Waals surface area contributed by atoms with Gasteiger partial charge in [0.25, 0.3) is 5.91 Å². The van der Waals surface area contributed by atoms with E-state index in [1.807, 2.05) is 11.0 Å². The van der Waals surface area contributed by atoms with E-state index in [0.717, 1.165) is 0 Å². The fraction of sp³-hybridized carbons (Fsp3) is 0.250. The minimum absolute atomic E-state index is 0.0349. The predicted molar refractivity (Wildman–Crippen MR) is 101 cm³/mol. The van der Waals surface area contributed by atoms with Crippen molar-refractivity contribution in [1.29, 1.82) is 0 Å². The first kappa shape index (κ1) is 17.2. The van der Waals surface area contributed by atoms with Crippen molar-refractivity contribution in [2.45, 2.75) is 0 Å². The van der Waals surface area contributed by atoms with Crippen molar-refractivity contribution in [3.05, 3.63) is 60.2 Å². The van der Waals surface area contributed by atoms with Crippen molar-refractivity contribution in [3.63, 3.8) is 0 Å². The van der Waals surface area contributed by atoms with E-state index in [-0.39, 0.29) is 11.7 Å². The lowest BCUT2D eigenvalue weighted by atomic mass is 10.1. The summed E-state index contributed by atoms with van der Waals surface area (Å²) in [6.07, 6.45) is 1.45. The van der Waals surface area contributed by atoms with Crippen LogP contribution in [-0.4, -0.2) is 54.1 Å². The van der Waals surface area contributed by atoms with Crippen LogP contribution in [0.1, 0.15) is 10.4 Å². The lowest BCUT2D eigenvalue weighted by Crippen LogP contribution is -2.49. The minimum atomic E-state index is -0.335. The SMILES string of the molecule is COc1cccc(C(=O)N2CCN(c3ncnc4cccc(F)c34)CC2)c1. The molecule has 1 saturated heterocycles. The molecule has 27 heavy (non-hydrogen) atoms. The molecule has 1 amide bonds. The summed E-state index contributed by atoms with van der Waals surface area (Å²) in [5.41, 5.74) is 1.18. The number of hydrogen-bond donors (Lipinski definition) is 0. The van der Waals surface area contributed by atoms with Crippen molar-refractivity contribution in [2.24, 2.45) is 0 Å². The van der Waals surface area contributed by atoms with Gasteiger partial charge in [-0.2, -0.15) is 0 Å². The number of anilines is 1. The molecule has 3 aromatic rings. The third kappa shape index (κ3) is 3.28. The van der Waals surface area contributed by atoms with E-state index >= 15 is 0 Å². The van der Waals surface area contributed by atoms with Gasteiger partial charge >= 0.3 is 0 Å². The van der Waals surface area contributed by atoms with Gasteiger partial charge in [0.1, 0.15) is 23.7 Å². The molecule has 0 atom stereocenters. The first-order chi connectivity index (χ1) is 13.2. The molecule has 1 aliphatic rings. The average molecular weight is 366 g/mol. The van der Waals surface area contributed by atoms with Gasteiger partial charge in [0.2, 0.25) is 0 Å². The van der Waals surface area contributed by atoms with Crippen LogP contribution in [0.15, 0.2) is 48.8 Å². The monoisotopic (exact) mass is 366 g/mol. The number of aromatic nitrogens is 2. The minimum Gasteiger partial charge on any atom is -0.497 e. The molecule has 1 aromatic heterocycles. The molecular formula is C20H19FN4O2. The first-order valence-electron chi connectivity index (χ1n) is 8.75. The van der Waals surface area contributed by atoms with Crippen LogP contribution in [0.25, 0.3) is 10.9 Å². The maximum atomic E-state index is 14.3. The Hall–Kier alpha value is -3.22. The summed E-state index contributed by atoms with van der Waals surface area (Å²) in [5, 5.41) is 0.424. The van der Waals surface area contributed by atoms with Gasteiger partial charge in [-0.3, -0.25) is 4.79 Å². The quantitative estimate of drug-likeness (QED) is 0.713. The van der Waals surface area contributed by atoms with Crippen LogP contribution in [0, 0.1) is 5.82 Å². The van der Waals surface area contributed by atoms with Crippen molar-refractivity contribution in [1.82, 2.24) is 14.9 Å². The number of benzene rings is 2. The second kappa shape index (κ2) is 7.19. The molecule has 7 heteroatoms. The van der Waals surface area contributed by atoms with E-state index in [0.29, 0.717) is 54.2 Å². The second-order valence-electron chi connectivity index (χ2n) is 6.34. The molecule has 0 saturated carbocycles. The maximum absolute atomic E-state index is 14.3. The second-order valence-corrected chi connectivity index (χ2v) is 6.34. The number of carbonyl (C=O) groups excluding carboxylic acids is 1. The number of piperazine rings is 1. The fourth-order valence-electron chi connectivity index (χ4n) is 3.35. The highest BCUT2D eigenvalue weighted by Crippen LogP contribution is 2.26. The smallest absolute Gasteiger partial charge is 0.254 e. The van der Waals surface area contributed by atoms with E-state index in [1.54, 1.807) is 42.3 Å². The number of rotatable bonds is 3. The molecule has 1 aliphatic heterocycles. The van der Waals surface area contributed by atoms with Crippen LogP contribution in [0.3, 0.4) is 0 Å². The Bertz CT molecular complexity index is 981. The molecule has 2 aromatic carbocycles. The number of hydrogen-bond acceptors (Lipinski definition) is 5. The summed E-state index contributed by atoms with van der Waals surface area (Å²) in [6, 6.07) is 12.0. The van der Waals surface area contributed by atoms with Gasteiger partial charge in [-0.05, 0) is 30.3 Å². The third-order valence-corrected chi connectivity index (χ3v) is 4.78. The molecule has 6 nitrogen and oxygen atoms in total. The number of nitrogens with zero attached hydrogens (tertiary/aromatic N) is 4. The van der Waals surface area contributed by atoms with Crippen molar-refractivity contribution in [2.75, 3.05) is 38.2 Å². The molecule has 0 unspecified atom stereocenters. The highest BCUT2D eigenvalue weighted by atomic mass is 19.1. The Morgan fingerprint density at radius 2 is 1.85 bits per heavy atom. The van der Waals surface area contributed by atoms with E-state index in [1.165, 1.54) is 12.4 Å². The highest BCUT2D eigenvalue weighted by Gasteiger charge is 2.25. The van der Waals surface area contributed by atoms with Crippen LogP contribution >= 0.6 is 0 Å². The number of ether oxygens (including phenoxy) is 1. The highest BCUT2D eigenvalue weighted by molar-refractivity contribution is 5.95. The van der Waals surface area contributed by atoms with Crippen LogP contribution < -0.4 is 9.64 Å². The van der Waals surface area contributed by atoms with Gasteiger partial charge in [0, 0.05) is 31.7 Å². The normalized spacial score (nSPS) is 14.4. The van der Waals surface area contributed by atoms with Gasteiger partial charge in [0.05, 0.1) is 18.0 Å². The van der Waals surface area contributed by atoms with Gasteiger partial charge in [0.15, 0.2) is 0 Å². The molecule has 0 spiro atoms. The van der Waals surface area contributed by atoms with Crippen LogP contribution in [-0.2, 0) is 0 Å². The Morgan fingerprint density at radius 1 is 1.07 bits per heavy atom. The first-order valence-corrected chi connectivity index (χ1v) is 8.75. The van der Waals surface area contributed by atoms with Crippen LogP contribution in [0.4, 0.5) is 10.2 Å². The van der Waals surface area contributed by atoms with E-state index < -0.39 is 0 Å². The lowest BCUT2D eigenvalue weighted by Gasteiger charge is -2.35. The Morgan fingerprint density at radius 3 is 2.63 bits per heavy atom. The average Bonchev–Trinajstić information content (AvgIpc) is 2.73. The molecule has 0 radical (unpaired) electrons. The molecule has 0 aliphatic carbocycles. The molecular weight excluding hydrogens is 347 g/mol. The van der Waals surface area contributed by atoms with Crippen LogP contribution in [0.2, 0.25) is 0 Å². The summed E-state index contributed by atoms with van der Waals surface area (Å²) >= 11 is 0. The summed E-state index contributed by atoms with van der Waals surface area (Å²) in [5.74, 6) is 0.860. The Balaban J connectivity index is 1.52. The fourth-order valence-corrected chi connectivity index (χ4v) is 3.35. The summed E-state index contributed by atoms with van der Waals surface area (Å²) < 4.78 is 19.5. The zero-order valence-electron chi connectivity index (χ0n) is 14.9. The Labute approximate surface area is 156 Å². The molecule has 138 valence electrons. The number of fused-ring (bicyclic) bond motifs is 1. The molecule has 1 fully saturated rings. The number of amides is 1. The number of carbonyl (C=O) groups is 1. The molecule has 4 rings (SSSR count). The summed E-state index contributed by atoms with van der Waals surface area (Å²) in [6.45, 7) is 2.23. The molecule has 2 heterocycles. The topological polar surface area (TPSA) is 58.6 Å². The van der Waals surface area contributed by atoms with Gasteiger partial charge in [-0.1, -0.05) is 12.1 Å². The molecule has 0 bridgehead atoms. The summed E-state index contributed by atoms with van der Waals surface area (Å²) in [7, 11) is 1.58. The van der Waals surface area contributed by atoms with Crippen LogP contribution in [0.5, 0.6) is 5.75 Å². The number of methoxy groups -OCH3 is 1. The zero-order chi connectivity index (χ0) is 18.8. The summed E-state index contributed by atoms with van der Waals surface area (Å²) in [4.78, 5) is 25.0.